The number of nitrogens with zero attached hydrogens (tertiary/aromatic N) is 3. The van der Waals surface area contributed by atoms with E-state index in [4.69, 9.17) is 18.0 Å². The van der Waals surface area contributed by atoms with Gasteiger partial charge in [-0.1, -0.05) is 49.7 Å². The summed E-state index contributed by atoms with van der Waals surface area (Å²) in [5.41, 5.74) is 12.2. The van der Waals surface area contributed by atoms with Gasteiger partial charge in [-0.25, -0.2) is 0 Å². The van der Waals surface area contributed by atoms with E-state index >= 15 is 0 Å². The molecule has 0 unspecified atom stereocenters. The molecule has 0 bridgehead atoms. The predicted octanol–water partition coefficient (Wildman–Crippen LogP) is 4.30. The first-order valence-corrected chi connectivity index (χ1v) is 11.6. The quantitative estimate of drug-likeness (QED) is 0.639. The molecule has 0 aromatic heterocycles. The smallest absolute Gasteiger partial charge is 0.170 e. The van der Waals surface area contributed by atoms with Gasteiger partial charge in [0.2, 0.25) is 0 Å². The molecule has 0 aliphatic carbocycles. The van der Waals surface area contributed by atoms with E-state index in [1.807, 2.05) is 0 Å². The third-order valence-corrected chi connectivity index (χ3v) is 6.32. The molecule has 1 saturated heterocycles. The fourth-order valence-corrected chi connectivity index (χ4v) is 4.16. The maximum Gasteiger partial charge on any atom is 0.170 e. The Hall–Kier alpha value is -1.95. The van der Waals surface area contributed by atoms with Crippen molar-refractivity contribution in [2.24, 2.45) is 5.73 Å². The molecule has 0 saturated carbocycles. The van der Waals surface area contributed by atoms with Crippen molar-refractivity contribution in [3.8, 4) is 11.1 Å². The summed E-state index contributed by atoms with van der Waals surface area (Å²) in [7, 11) is 2.21. The number of aryl methyl sites for hydroxylation is 1. The van der Waals surface area contributed by atoms with Crippen LogP contribution in [0.3, 0.4) is 0 Å². The largest absolute Gasteiger partial charge is 0.376 e. The van der Waals surface area contributed by atoms with Gasteiger partial charge in [0.1, 0.15) is 0 Å². The van der Waals surface area contributed by atoms with Crippen LogP contribution < -0.4 is 10.6 Å². The Labute approximate surface area is 187 Å². The lowest BCUT2D eigenvalue weighted by atomic mass is 10.00. The number of thiocarbonyl (C=S) groups is 1. The van der Waals surface area contributed by atoms with Crippen molar-refractivity contribution in [2.75, 3.05) is 51.2 Å². The number of anilines is 1. The molecule has 3 rings (SSSR count). The van der Waals surface area contributed by atoms with Crippen LogP contribution >= 0.6 is 12.2 Å². The second-order valence-corrected chi connectivity index (χ2v) is 8.85. The zero-order valence-corrected chi connectivity index (χ0v) is 19.5. The first kappa shape index (κ1) is 22.7. The van der Waals surface area contributed by atoms with Gasteiger partial charge in [-0.05, 0) is 67.4 Å². The Morgan fingerprint density at radius 1 is 1.03 bits per heavy atom. The second kappa shape index (κ2) is 10.9. The molecule has 0 amide bonds. The Morgan fingerprint density at radius 3 is 2.33 bits per heavy atom. The van der Waals surface area contributed by atoms with Crippen LogP contribution in [0.1, 0.15) is 30.9 Å². The predicted molar refractivity (Wildman–Crippen MR) is 133 cm³/mol. The molecule has 2 N–H and O–H groups in total. The zero-order chi connectivity index (χ0) is 21.5. The van der Waals surface area contributed by atoms with E-state index in [0.29, 0.717) is 5.11 Å². The summed E-state index contributed by atoms with van der Waals surface area (Å²) in [5, 5.41) is 0.447. The Morgan fingerprint density at radius 2 is 1.70 bits per heavy atom. The molecule has 1 fully saturated rings. The van der Waals surface area contributed by atoms with Gasteiger partial charge in [0.05, 0.1) is 0 Å². The standard InChI is InChI=1S/C25H36N4S/c1-4-5-13-29(25(26)30)24-19-23(9-6-20(24)2)22-10-7-21(8-11-22)12-14-28-17-15-27(3)16-18-28/h6-11,19H,4-5,12-18H2,1-3H3,(H2,26,30). The average molecular weight is 425 g/mol. The van der Waals surface area contributed by atoms with Crippen LogP contribution in [-0.4, -0.2) is 61.2 Å². The summed E-state index contributed by atoms with van der Waals surface area (Å²) in [6.07, 6.45) is 3.30. The van der Waals surface area contributed by atoms with E-state index in [1.165, 1.54) is 48.4 Å². The summed E-state index contributed by atoms with van der Waals surface area (Å²) < 4.78 is 0. The Kier molecular flexibility index (Phi) is 8.25. The molecule has 4 nitrogen and oxygen atoms in total. The van der Waals surface area contributed by atoms with Gasteiger partial charge in [-0.15, -0.1) is 0 Å². The fraction of sp³-hybridized carbons (Fsp3) is 0.480. The number of unbranched alkanes of at least 4 members (excludes halogenated alkanes) is 1. The van der Waals surface area contributed by atoms with Crippen LogP contribution in [0, 0.1) is 6.92 Å². The fourth-order valence-electron chi connectivity index (χ4n) is 3.97. The van der Waals surface area contributed by atoms with Crippen molar-refractivity contribution in [3.05, 3.63) is 53.6 Å². The van der Waals surface area contributed by atoms with Crippen LogP contribution in [-0.2, 0) is 6.42 Å². The third-order valence-electron chi connectivity index (χ3n) is 6.10. The second-order valence-electron chi connectivity index (χ2n) is 8.44. The lowest BCUT2D eigenvalue weighted by Gasteiger charge is -2.32. The van der Waals surface area contributed by atoms with Crippen LogP contribution in [0.15, 0.2) is 42.5 Å². The molecule has 30 heavy (non-hydrogen) atoms. The van der Waals surface area contributed by atoms with E-state index in [0.717, 1.165) is 38.0 Å². The summed E-state index contributed by atoms with van der Waals surface area (Å²) >= 11 is 5.34. The Bertz CT molecular complexity index is 826. The van der Waals surface area contributed by atoms with Gasteiger partial charge >= 0.3 is 0 Å². The maximum absolute atomic E-state index is 6.04. The number of rotatable bonds is 8. The van der Waals surface area contributed by atoms with Gasteiger partial charge in [-0.3, -0.25) is 0 Å². The molecule has 162 valence electrons. The van der Waals surface area contributed by atoms with E-state index in [2.05, 4.69) is 78.1 Å². The number of nitrogens with two attached hydrogens (primary N) is 1. The first-order chi connectivity index (χ1) is 14.5. The van der Waals surface area contributed by atoms with Crippen molar-refractivity contribution in [1.82, 2.24) is 9.80 Å². The van der Waals surface area contributed by atoms with Crippen LogP contribution in [0.4, 0.5) is 5.69 Å². The average Bonchev–Trinajstić information content (AvgIpc) is 2.75. The van der Waals surface area contributed by atoms with Crippen LogP contribution in [0.25, 0.3) is 11.1 Å². The molecular weight excluding hydrogens is 388 g/mol. The first-order valence-electron chi connectivity index (χ1n) is 11.2. The lowest BCUT2D eigenvalue weighted by molar-refractivity contribution is 0.155. The lowest BCUT2D eigenvalue weighted by Crippen LogP contribution is -2.45. The Balaban J connectivity index is 1.69. The van der Waals surface area contributed by atoms with E-state index in [9.17, 15) is 0 Å². The number of hydrogen-bond donors (Lipinski definition) is 1. The van der Waals surface area contributed by atoms with Gasteiger partial charge in [0.25, 0.3) is 0 Å². The van der Waals surface area contributed by atoms with E-state index in [-0.39, 0.29) is 0 Å². The number of hydrogen-bond acceptors (Lipinski definition) is 3. The van der Waals surface area contributed by atoms with Crippen molar-refractivity contribution in [2.45, 2.75) is 33.1 Å². The van der Waals surface area contributed by atoms with Crippen LogP contribution in [0.2, 0.25) is 0 Å². The molecule has 0 spiro atoms. The number of piperazine rings is 1. The van der Waals surface area contributed by atoms with Gasteiger partial charge in [0, 0.05) is 45.0 Å². The SMILES string of the molecule is CCCCN(C(N)=S)c1cc(-c2ccc(CCN3CCN(C)CC3)cc2)ccc1C. The van der Waals surface area contributed by atoms with Crippen LogP contribution in [0.5, 0.6) is 0 Å². The molecule has 0 radical (unpaired) electrons. The van der Waals surface area contributed by atoms with E-state index < -0.39 is 0 Å². The zero-order valence-electron chi connectivity index (χ0n) is 18.7. The summed E-state index contributed by atoms with van der Waals surface area (Å²) in [4.78, 5) is 7.05. The van der Waals surface area contributed by atoms with E-state index in [1.54, 1.807) is 0 Å². The van der Waals surface area contributed by atoms with Crippen molar-refractivity contribution >= 4 is 23.0 Å². The highest BCUT2D eigenvalue weighted by molar-refractivity contribution is 7.80. The molecule has 2 aromatic carbocycles. The molecule has 5 heteroatoms. The number of benzene rings is 2. The molecule has 1 aliphatic heterocycles. The molecule has 1 heterocycles. The molecule has 2 aromatic rings. The number of likely N-dealkylation sites (N-methyl/N-ethyl adjacent to an activating group) is 1. The molecule has 1 aliphatic rings. The van der Waals surface area contributed by atoms with Gasteiger partial charge in [0.15, 0.2) is 5.11 Å². The summed E-state index contributed by atoms with van der Waals surface area (Å²) in [6.45, 7) is 11.0. The third kappa shape index (κ3) is 6.03. The highest BCUT2D eigenvalue weighted by atomic mass is 32.1. The van der Waals surface area contributed by atoms with Crippen molar-refractivity contribution in [3.63, 3.8) is 0 Å². The highest BCUT2D eigenvalue weighted by Gasteiger charge is 2.14. The highest BCUT2D eigenvalue weighted by Crippen LogP contribution is 2.28. The normalized spacial score (nSPS) is 15.3. The summed E-state index contributed by atoms with van der Waals surface area (Å²) in [5.74, 6) is 0. The van der Waals surface area contributed by atoms with Crippen molar-refractivity contribution in [1.29, 1.82) is 0 Å². The van der Waals surface area contributed by atoms with Gasteiger partial charge < -0.3 is 20.4 Å². The summed E-state index contributed by atoms with van der Waals surface area (Å²) in [6, 6.07) is 15.6. The molecular formula is C25H36N4S. The molecule has 0 atom stereocenters. The minimum atomic E-state index is 0.447. The topological polar surface area (TPSA) is 35.7 Å². The minimum Gasteiger partial charge on any atom is -0.376 e. The monoisotopic (exact) mass is 424 g/mol. The minimum absolute atomic E-state index is 0.447. The van der Waals surface area contributed by atoms with Crippen molar-refractivity contribution < 1.29 is 0 Å². The maximum atomic E-state index is 6.04. The van der Waals surface area contributed by atoms with Gasteiger partial charge in [-0.2, -0.15) is 0 Å².